The molecule has 13 heteroatoms. The van der Waals surface area contributed by atoms with Gasteiger partial charge in [-0.2, -0.15) is 0 Å². The van der Waals surface area contributed by atoms with E-state index in [1.165, 1.54) is 34.6 Å². The van der Waals surface area contributed by atoms with Gasteiger partial charge in [0, 0.05) is 34.3 Å². The van der Waals surface area contributed by atoms with Gasteiger partial charge in [0.25, 0.3) is 0 Å². The first-order chi connectivity index (χ1) is 21.3. The fourth-order valence-electron chi connectivity index (χ4n) is 3.03. The molecular formula is C33H46O13. The predicted octanol–water partition coefficient (Wildman–Crippen LogP) is 3.53. The summed E-state index contributed by atoms with van der Waals surface area (Å²) in [5, 5.41) is 0. The Morgan fingerprint density at radius 1 is 0.413 bits per heavy atom. The highest BCUT2D eigenvalue weighted by molar-refractivity contribution is 5.88. The molecule has 0 amide bonds. The maximum atomic E-state index is 12.3. The molecule has 0 aliphatic carbocycles. The SMILES string of the molecule is C=C(C)C(=O)OCC(COCC(COC(=O)C(=C)C)(COC(=O)C(=C)C)COC(=O)C(=C)C)(COC(=O)CC)COC(=O)C(=C)C. The van der Waals surface area contributed by atoms with Crippen molar-refractivity contribution in [3.63, 3.8) is 0 Å². The molecule has 0 aliphatic rings. The summed E-state index contributed by atoms with van der Waals surface area (Å²) in [6.07, 6.45) is 0.0212. The summed E-state index contributed by atoms with van der Waals surface area (Å²) in [7, 11) is 0. The zero-order valence-corrected chi connectivity index (χ0v) is 27.7. The number of esters is 6. The third kappa shape index (κ3) is 15.5. The second-order valence-electron chi connectivity index (χ2n) is 11.3. The Kier molecular flexibility index (Phi) is 17.8. The van der Waals surface area contributed by atoms with Gasteiger partial charge in [0.05, 0.1) is 24.0 Å². The fourth-order valence-corrected chi connectivity index (χ4v) is 3.03. The minimum absolute atomic E-state index is 0.0212. The molecule has 256 valence electrons. The Morgan fingerprint density at radius 2 is 0.630 bits per heavy atom. The summed E-state index contributed by atoms with van der Waals surface area (Å²) >= 11 is 0. The van der Waals surface area contributed by atoms with E-state index in [2.05, 4.69) is 32.9 Å². The standard InChI is InChI=1S/C33H46O13/c1-12-26(34)41-15-32(16-42-27(35)21(2)3,17-43-28(36)22(4)5)13-40-14-33(18-44-29(37)23(6)7,19-45-30(38)24(8)9)20-46-31(39)25(10)11/h2,4,6,8,10,12-20H2,1,3,5,7,9,11H3. The maximum Gasteiger partial charge on any atom is 0.333 e. The first-order valence-corrected chi connectivity index (χ1v) is 14.2. The average Bonchev–Trinajstić information content (AvgIpc) is 3.00. The number of hydrogen-bond donors (Lipinski definition) is 0. The Hall–Kier alpha value is -4.52. The molecule has 0 unspecified atom stereocenters. The number of carbonyl (C=O) groups is 6. The quantitative estimate of drug-likeness (QED) is 0.0949. The minimum Gasteiger partial charge on any atom is -0.465 e. The van der Waals surface area contributed by atoms with Crippen molar-refractivity contribution < 1.29 is 61.9 Å². The molecule has 0 aromatic rings. The van der Waals surface area contributed by atoms with Gasteiger partial charge in [0.1, 0.15) is 39.6 Å². The van der Waals surface area contributed by atoms with E-state index in [0.717, 1.165) is 0 Å². The highest BCUT2D eigenvalue weighted by Crippen LogP contribution is 2.27. The Bertz CT molecular complexity index is 1120. The number of hydrogen-bond acceptors (Lipinski definition) is 13. The van der Waals surface area contributed by atoms with Crippen LogP contribution in [-0.2, 0) is 61.9 Å². The monoisotopic (exact) mass is 650 g/mol. The molecule has 0 aromatic carbocycles. The van der Waals surface area contributed by atoms with Crippen LogP contribution in [0.25, 0.3) is 0 Å². The normalized spacial score (nSPS) is 10.9. The lowest BCUT2D eigenvalue weighted by molar-refractivity contribution is -0.171. The van der Waals surface area contributed by atoms with Crippen molar-refractivity contribution in [2.24, 2.45) is 10.8 Å². The summed E-state index contributed by atoms with van der Waals surface area (Å²) < 4.78 is 38.2. The Labute approximate surface area is 270 Å². The predicted molar refractivity (Wildman–Crippen MR) is 166 cm³/mol. The molecule has 0 N–H and O–H groups in total. The molecule has 0 aromatic heterocycles. The lowest BCUT2D eigenvalue weighted by atomic mass is 9.90. The van der Waals surface area contributed by atoms with Crippen LogP contribution >= 0.6 is 0 Å². The second-order valence-corrected chi connectivity index (χ2v) is 11.3. The summed E-state index contributed by atoms with van der Waals surface area (Å²) in [4.78, 5) is 73.8. The van der Waals surface area contributed by atoms with Crippen LogP contribution in [0.2, 0.25) is 0 Å². The van der Waals surface area contributed by atoms with Crippen LogP contribution in [-0.4, -0.2) is 88.7 Å². The molecule has 0 aliphatic heterocycles. The van der Waals surface area contributed by atoms with E-state index >= 15 is 0 Å². The van der Waals surface area contributed by atoms with Crippen LogP contribution in [0.15, 0.2) is 60.8 Å². The highest BCUT2D eigenvalue weighted by Gasteiger charge is 2.41. The van der Waals surface area contributed by atoms with Gasteiger partial charge in [-0.25, -0.2) is 24.0 Å². The molecule has 0 saturated carbocycles. The molecule has 0 heterocycles. The van der Waals surface area contributed by atoms with E-state index in [1.807, 2.05) is 0 Å². The molecular weight excluding hydrogens is 604 g/mol. The Balaban J connectivity index is 6.64. The lowest BCUT2D eigenvalue weighted by Gasteiger charge is -2.35. The first kappa shape index (κ1) is 41.5. The van der Waals surface area contributed by atoms with Crippen molar-refractivity contribution in [3.05, 3.63) is 60.8 Å². The van der Waals surface area contributed by atoms with E-state index in [4.69, 9.17) is 33.2 Å². The minimum atomic E-state index is -1.50. The van der Waals surface area contributed by atoms with Crippen molar-refractivity contribution in [2.75, 3.05) is 52.9 Å². The second kappa shape index (κ2) is 19.8. The molecule has 13 nitrogen and oxygen atoms in total. The van der Waals surface area contributed by atoms with Crippen LogP contribution in [0.4, 0.5) is 0 Å². The third-order valence-corrected chi connectivity index (χ3v) is 5.93. The molecule has 0 rings (SSSR count). The molecule has 0 spiro atoms. The third-order valence-electron chi connectivity index (χ3n) is 5.93. The van der Waals surface area contributed by atoms with E-state index in [9.17, 15) is 28.8 Å². The van der Waals surface area contributed by atoms with E-state index < -0.39 is 99.5 Å². The van der Waals surface area contributed by atoms with Crippen molar-refractivity contribution in [1.29, 1.82) is 0 Å². The van der Waals surface area contributed by atoms with Gasteiger partial charge in [0.2, 0.25) is 0 Å². The summed E-state index contributed by atoms with van der Waals surface area (Å²) in [6, 6.07) is 0. The fraction of sp³-hybridized carbons (Fsp3) is 0.515. The van der Waals surface area contributed by atoms with Crippen LogP contribution in [0.5, 0.6) is 0 Å². The largest absolute Gasteiger partial charge is 0.465 e. The van der Waals surface area contributed by atoms with Gasteiger partial charge in [-0.1, -0.05) is 39.8 Å². The molecule has 0 saturated heterocycles. The van der Waals surface area contributed by atoms with Gasteiger partial charge >= 0.3 is 35.8 Å². The van der Waals surface area contributed by atoms with Gasteiger partial charge in [-0.15, -0.1) is 0 Å². The van der Waals surface area contributed by atoms with Crippen LogP contribution in [0.3, 0.4) is 0 Å². The molecule has 0 bridgehead atoms. The smallest absolute Gasteiger partial charge is 0.333 e. The van der Waals surface area contributed by atoms with Crippen molar-refractivity contribution in [1.82, 2.24) is 0 Å². The number of ether oxygens (including phenoxy) is 7. The molecule has 0 fully saturated rings. The number of carbonyl (C=O) groups excluding carboxylic acids is 6. The zero-order valence-electron chi connectivity index (χ0n) is 27.7. The van der Waals surface area contributed by atoms with Crippen molar-refractivity contribution in [2.45, 2.75) is 48.0 Å². The zero-order chi connectivity index (χ0) is 35.7. The van der Waals surface area contributed by atoms with Gasteiger partial charge in [-0.05, 0) is 34.6 Å². The van der Waals surface area contributed by atoms with Crippen molar-refractivity contribution >= 4 is 35.8 Å². The first-order valence-electron chi connectivity index (χ1n) is 14.2. The Morgan fingerprint density at radius 3 is 0.826 bits per heavy atom. The van der Waals surface area contributed by atoms with Gasteiger partial charge in [-0.3, -0.25) is 4.79 Å². The van der Waals surface area contributed by atoms with Crippen molar-refractivity contribution in [3.8, 4) is 0 Å². The maximum absolute atomic E-state index is 12.3. The van der Waals surface area contributed by atoms with Crippen LogP contribution in [0.1, 0.15) is 48.0 Å². The van der Waals surface area contributed by atoms with Crippen LogP contribution < -0.4 is 0 Å². The van der Waals surface area contributed by atoms with Crippen LogP contribution in [0, 0.1) is 10.8 Å². The molecule has 0 atom stereocenters. The van der Waals surface area contributed by atoms with E-state index in [0.29, 0.717) is 0 Å². The molecule has 46 heavy (non-hydrogen) atoms. The molecule has 0 radical (unpaired) electrons. The lowest BCUT2D eigenvalue weighted by Crippen LogP contribution is -2.47. The number of rotatable bonds is 22. The van der Waals surface area contributed by atoms with E-state index in [-0.39, 0.29) is 34.3 Å². The van der Waals surface area contributed by atoms with Gasteiger partial charge < -0.3 is 33.2 Å². The topological polar surface area (TPSA) is 167 Å². The highest BCUT2D eigenvalue weighted by atomic mass is 16.6. The summed E-state index contributed by atoms with van der Waals surface area (Å²) in [5.41, 5.74) is -2.60. The average molecular weight is 651 g/mol. The van der Waals surface area contributed by atoms with Gasteiger partial charge in [0.15, 0.2) is 0 Å². The summed E-state index contributed by atoms with van der Waals surface area (Å²) in [6.45, 7) is 22.9. The summed E-state index contributed by atoms with van der Waals surface area (Å²) in [5.74, 6) is -4.46. The van der Waals surface area contributed by atoms with E-state index in [1.54, 1.807) is 6.92 Å².